The highest BCUT2D eigenvalue weighted by Crippen LogP contribution is 2.30. The van der Waals surface area contributed by atoms with Crippen LogP contribution < -0.4 is 10.9 Å². The molecule has 9 heteroatoms. The number of hydrogen-bond donors (Lipinski definition) is 1. The van der Waals surface area contributed by atoms with Gasteiger partial charge in [0.2, 0.25) is 5.91 Å². The molecule has 0 saturated heterocycles. The summed E-state index contributed by atoms with van der Waals surface area (Å²) < 4.78 is 38.8. The van der Waals surface area contributed by atoms with Gasteiger partial charge in [0, 0.05) is 5.69 Å². The minimum Gasteiger partial charge on any atom is -0.324 e. The van der Waals surface area contributed by atoms with E-state index in [1.165, 1.54) is 0 Å². The zero-order chi connectivity index (χ0) is 19.6. The molecule has 0 aliphatic carbocycles. The Morgan fingerprint density at radius 2 is 1.81 bits per heavy atom. The van der Waals surface area contributed by atoms with Gasteiger partial charge < -0.3 is 5.32 Å². The maximum absolute atomic E-state index is 12.6. The Morgan fingerprint density at radius 1 is 1.15 bits per heavy atom. The molecule has 1 unspecified atom stereocenters. The maximum Gasteiger partial charge on any atom is 0.416 e. The summed E-state index contributed by atoms with van der Waals surface area (Å²) in [6.07, 6.45) is -4.21. The van der Waals surface area contributed by atoms with Gasteiger partial charge in [-0.2, -0.15) is 17.9 Å². The Labute approximate surface area is 151 Å². The van der Waals surface area contributed by atoms with Crippen LogP contribution in [0.5, 0.6) is 0 Å². The lowest BCUT2D eigenvalue weighted by molar-refractivity contribution is -0.137. The normalized spacial score (nSPS) is 12.7. The molecule has 1 N–H and O–H groups in total. The number of rotatable bonds is 4. The third-order valence-corrected chi connectivity index (χ3v) is 4.06. The van der Waals surface area contributed by atoms with Crippen LogP contribution in [-0.2, 0) is 11.0 Å². The van der Waals surface area contributed by atoms with Crippen LogP contribution in [0.25, 0.3) is 10.9 Å². The fourth-order valence-corrected chi connectivity index (χ4v) is 2.64. The standard InChI is InChI=1S/C18H15F3N4O2/c1-2-15(25-17(27)13-5-3-4-6-14(13)23-24-25)16(26)22-12-9-7-11(8-10-12)18(19,20)21/h3-10,15H,2H2,1H3,(H,22,26). The fraction of sp³-hybridized carbons (Fsp3) is 0.222. The van der Waals surface area contributed by atoms with E-state index in [0.717, 1.165) is 28.9 Å². The second kappa shape index (κ2) is 7.18. The molecular formula is C18H15F3N4O2. The average Bonchev–Trinajstić information content (AvgIpc) is 2.64. The van der Waals surface area contributed by atoms with Crippen molar-refractivity contribution in [3.05, 3.63) is 64.4 Å². The van der Waals surface area contributed by atoms with Gasteiger partial charge in [-0.3, -0.25) is 9.59 Å². The van der Waals surface area contributed by atoms with Crippen LogP contribution in [0.4, 0.5) is 18.9 Å². The fourth-order valence-electron chi connectivity index (χ4n) is 2.64. The number of halogens is 3. The smallest absolute Gasteiger partial charge is 0.324 e. The number of nitrogens with zero attached hydrogens (tertiary/aromatic N) is 3. The maximum atomic E-state index is 12.6. The van der Waals surface area contributed by atoms with Crippen molar-refractivity contribution in [3.8, 4) is 0 Å². The number of fused-ring (bicyclic) bond motifs is 1. The van der Waals surface area contributed by atoms with E-state index in [4.69, 9.17) is 0 Å². The third kappa shape index (κ3) is 3.81. The van der Waals surface area contributed by atoms with Crippen LogP contribution in [0.2, 0.25) is 0 Å². The van der Waals surface area contributed by atoms with Gasteiger partial charge in [-0.15, -0.1) is 5.10 Å². The highest BCUT2D eigenvalue weighted by atomic mass is 19.4. The SMILES string of the molecule is CCC(C(=O)Nc1ccc(C(F)(F)F)cc1)n1nnc2ccccc2c1=O. The van der Waals surface area contributed by atoms with Crippen molar-refractivity contribution in [2.24, 2.45) is 0 Å². The summed E-state index contributed by atoms with van der Waals surface area (Å²) in [6.45, 7) is 1.69. The van der Waals surface area contributed by atoms with Crippen molar-refractivity contribution in [1.82, 2.24) is 15.0 Å². The van der Waals surface area contributed by atoms with E-state index in [1.54, 1.807) is 31.2 Å². The highest BCUT2D eigenvalue weighted by Gasteiger charge is 2.30. The number of aromatic nitrogens is 3. The molecule has 3 aromatic rings. The second-order valence-corrected chi connectivity index (χ2v) is 5.84. The molecule has 0 spiro atoms. The summed E-state index contributed by atoms with van der Waals surface area (Å²) in [7, 11) is 0. The monoisotopic (exact) mass is 376 g/mol. The minimum absolute atomic E-state index is 0.188. The zero-order valence-electron chi connectivity index (χ0n) is 14.2. The van der Waals surface area contributed by atoms with E-state index < -0.39 is 29.2 Å². The lowest BCUT2D eigenvalue weighted by Gasteiger charge is -2.16. The first kappa shape index (κ1) is 18.6. The minimum atomic E-state index is -4.46. The third-order valence-electron chi connectivity index (χ3n) is 4.06. The Kier molecular flexibility index (Phi) is 4.93. The molecule has 27 heavy (non-hydrogen) atoms. The van der Waals surface area contributed by atoms with Gasteiger partial charge in [0.15, 0.2) is 0 Å². The summed E-state index contributed by atoms with van der Waals surface area (Å²) in [5.41, 5.74) is -0.677. The van der Waals surface area contributed by atoms with Crippen molar-refractivity contribution in [2.45, 2.75) is 25.6 Å². The van der Waals surface area contributed by atoms with Gasteiger partial charge >= 0.3 is 6.18 Å². The first-order valence-electron chi connectivity index (χ1n) is 8.13. The van der Waals surface area contributed by atoms with E-state index in [0.29, 0.717) is 10.9 Å². The molecule has 1 amide bonds. The molecular weight excluding hydrogens is 361 g/mol. The molecule has 0 aliphatic heterocycles. The molecule has 0 aliphatic rings. The number of hydrogen-bond acceptors (Lipinski definition) is 4. The summed E-state index contributed by atoms with van der Waals surface area (Å²) in [6, 6.07) is 9.73. The molecule has 2 aromatic carbocycles. The van der Waals surface area contributed by atoms with Gasteiger partial charge in [0.25, 0.3) is 5.56 Å². The Bertz CT molecular complexity index is 1030. The van der Waals surface area contributed by atoms with Crippen LogP contribution in [-0.4, -0.2) is 20.9 Å². The van der Waals surface area contributed by atoms with Gasteiger partial charge in [-0.1, -0.05) is 24.3 Å². The molecule has 1 heterocycles. The molecule has 0 fully saturated rings. The quantitative estimate of drug-likeness (QED) is 0.757. The van der Waals surface area contributed by atoms with Gasteiger partial charge in [0.05, 0.1) is 10.9 Å². The van der Waals surface area contributed by atoms with Crippen LogP contribution in [0.15, 0.2) is 53.3 Å². The Hall–Kier alpha value is -3.23. The molecule has 0 radical (unpaired) electrons. The molecule has 6 nitrogen and oxygen atoms in total. The van der Waals surface area contributed by atoms with E-state index in [1.807, 2.05) is 0 Å². The summed E-state index contributed by atoms with van der Waals surface area (Å²) in [5.74, 6) is -0.566. The number of anilines is 1. The molecule has 3 rings (SSSR count). The van der Waals surface area contributed by atoms with Crippen molar-refractivity contribution in [2.75, 3.05) is 5.32 Å². The van der Waals surface area contributed by atoms with E-state index >= 15 is 0 Å². The molecule has 1 atom stereocenters. The van der Waals surface area contributed by atoms with Gasteiger partial charge in [0.1, 0.15) is 11.6 Å². The lowest BCUT2D eigenvalue weighted by atomic mass is 10.1. The predicted octanol–water partition coefficient (Wildman–Crippen LogP) is 3.40. The van der Waals surface area contributed by atoms with E-state index in [9.17, 15) is 22.8 Å². The van der Waals surface area contributed by atoms with Gasteiger partial charge in [-0.05, 0) is 42.8 Å². The second-order valence-electron chi connectivity index (χ2n) is 5.84. The Morgan fingerprint density at radius 3 is 2.44 bits per heavy atom. The summed E-state index contributed by atoms with van der Waals surface area (Å²) in [4.78, 5) is 25.1. The Balaban J connectivity index is 1.87. The predicted molar refractivity (Wildman–Crippen MR) is 93.2 cm³/mol. The van der Waals surface area contributed by atoms with Crippen LogP contribution in [0.1, 0.15) is 24.9 Å². The molecule has 0 saturated carbocycles. The first-order chi connectivity index (χ1) is 12.8. The van der Waals surface area contributed by atoms with Crippen LogP contribution >= 0.6 is 0 Å². The first-order valence-corrected chi connectivity index (χ1v) is 8.13. The van der Waals surface area contributed by atoms with Gasteiger partial charge in [-0.25, -0.2) is 0 Å². The number of benzene rings is 2. The molecule has 140 valence electrons. The summed E-state index contributed by atoms with van der Waals surface area (Å²) in [5, 5.41) is 10.6. The lowest BCUT2D eigenvalue weighted by Crippen LogP contribution is -2.35. The molecule has 1 aromatic heterocycles. The molecule has 0 bridgehead atoms. The number of amides is 1. The number of alkyl halides is 3. The van der Waals surface area contributed by atoms with E-state index in [2.05, 4.69) is 15.6 Å². The number of nitrogens with one attached hydrogen (secondary N) is 1. The topological polar surface area (TPSA) is 76.9 Å². The highest BCUT2D eigenvalue weighted by molar-refractivity contribution is 5.93. The summed E-state index contributed by atoms with van der Waals surface area (Å²) >= 11 is 0. The number of carbonyl (C=O) groups excluding carboxylic acids is 1. The van der Waals surface area contributed by atoms with Crippen molar-refractivity contribution >= 4 is 22.5 Å². The largest absolute Gasteiger partial charge is 0.416 e. The van der Waals surface area contributed by atoms with Crippen LogP contribution in [0.3, 0.4) is 0 Å². The zero-order valence-corrected chi connectivity index (χ0v) is 14.2. The number of carbonyl (C=O) groups is 1. The van der Waals surface area contributed by atoms with Crippen LogP contribution in [0, 0.1) is 0 Å². The van der Waals surface area contributed by atoms with Crippen molar-refractivity contribution < 1.29 is 18.0 Å². The average molecular weight is 376 g/mol. The van der Waals surface area contributed by atoms with Crippen molar-refractivity contribution in [3.63, 3.8) is 0 Å². The van der Waals surface area contributed by atoms with Crippen molar-refractivity contribution in [1.29, 1.82) is 0 Å². The van der Waals surface area contributed by atoms with E-state index in [-0.39, 0.29) is 12.1 Å².